The molecule has 1 heterocycles. The maximum Gasteiger partial charge on any atom is 0.275 e. The minimum Gasteiger partial charge on any atom is -0.497 e. The largest absolute Gasteiger partial charge is 0.497 e. The van der Waals surface area contributed by atoms with Crippen LogP contribution in [0.3, 0.4) is 0 Å². The number of rotatable bonds is 5. The van der Waals surface area contributed by atoms with E-state index in [0.717, 1.165) is 28.3 Å². The van der Waals surface area contributed by atoms with Crippen molar-refractivity contribution in [1.29, 1.82) is 0 Å². The molecule has 1 amide bonds. The van der Waals surface area contributed by atoms with Crippen LogP contribution in [0.1, 0.15) is 22.7 Å². The molecule has 1 N–H and O–H groups in total. The number of carbonyl (C=O) groups is 1. The zero-order valence-corrected chi connectivity index (χ0v) is 16.8. The van der Waals surface area contributed by atoms with E-state index in [-0.39, 0.29) is 11.9 Å². The van der Waals surface area contributed by atoms with Crippen molar-refractivity contribution in [2.45, 2.75) is 19.9 Å². The van der Waals surface area contributed by atoms with Gasteiger partial charge >= 0.3 is 0 Å². The van der Waals surface area contributed by atoms with Crippen LogP contribution in [-0.2, 0) is 4.79 Å². The molecule has 4 heteroatoms. The number of nitrogens with zero attached hydrogens (tertiary/aromatic N) is 1. The number of anilines is 2. The van der Waals surface area contributed by atoms with Crippen molar-refractivity contribution in [1.82, 2.24) is 0 Å². The van der Waals surface area contributed by atoms with E-state index in [4.69, 9.17) is 4.74 Å². The Morgan fingerprint density at radius 1 is 0.897 bits per heavy atom. The molecule has 0 aromatic heterocycles. The summed E-state index contributed by atoms with van der Waals surface area (Å²) in [4.78, 5) is 15.2. The first kappa shape index (κ1) is 18.8. The first-order valence-corrected chi connectivity index (χ1v) is 9.65. The Kier molecular flexibility index (Phi) is 5.09. The van der Waals surface area contributed by atoms with Crippen molar-refractivity contribution in [3.05, 3.63) is 101 Å². The predicted molar refractivity (Wildman–Crippen MR) is 117 cm³/mol. The van der Waals surface area contributed by atoms with Crippen LogP contribution in [0.15, 0.2) is 84.6 Å². The summed E-state index contributed by atoms with van der Waals surface area (Å²) in [5, 5.41) is 3.30. The van der Waals surface area contributed by atoms with Crippen LogP contribution in [0, 0.1) is 13.8 Å². The molecule has 0 saturated carbocycles. The molecule has 4 nitrogen and oxygen atoms in total. The van der Waals surface area contributed by atoms with Gasteiger partial charge in [0.1, 0.15) is 11.4 Å². The third-order valence-electron chi connectivity index (χ3n) is 5.13. The number of hydrogen-bond donors (Lipinski definition) is 1. The van der Waals surface area contributed by atoms with Gasteiger partial charge < -0.3 is 10.1 Å². The fourth-order valence-electron chi connectivity index (χ4n) is 3.50. The minimum atomic E-state index is -0.215. The summed E-state index contributed by atoms with van der Waals surface area (Å²) in [5.74, 6) is 0.717. The highest BCUT2D eigenvalue weighted by Crippen LogP contribution is 2.37. The Morgan fingerprint density at radius 2 is 1.55 bits per heavy atom. The topological polar surface area (TPSA) is 41.6 Å². The highest BCUT2D eigenvalue weighted by molar-refractivity contribution is 6.11. The Hall–Kier alpha value is -3.53. The van der Waals surface area contributed by atoms with Gasteiger partial charge in [-0.3, -0.25) is 9.69 Å². The third kappa shape index (κ3) is 3.87. The van der Waals surface area contributed by atoms with Gasteiger partial charge in [-0.05, 0) is 61.9 Å². The Labute approximate surface area is 171 Å². The summed E-state index contributed by atoms with van der Waals surface area (Å²) < 4.78 is 5.39. The number of nitrogens with one attached hydrogen (secondary N) is 1. The summed E-state index contributed by atoms with van der Waals surface area (Å²) in [6.45, 7) is 4.08. The van der Waals surface area contributed by atoms with Gasteiger partial charge in [0.05, 0.1) is 13.2 Å². The van der Waals surface area contributed by atoms with Crippen molar-refractivity contribution in [2.75, 3.05) is 17.3 Å². The molecule has 1 atom stereocenters. The number of methoxy groups -OCH3 is 1. The molecule has 0 spiro atoms. The van der Waals surface area contributed by atoms with Gasteiger partial charge in [-0.1, -0.05) is 47.5 Å². The molecule has 146 valence electrons. The number of hydrogen-bond acceptors (Lipinski definition) is 3. The number of carbonyl (C=O) groups excluding carboxylic acids is 1. The number of ether oxygens (including phenoxy) is 1. The number of benzene rings is 3. The molecule has 1 aliphatic heterocycles. The van der Waals surface area contributed by atoms with Crippen LogP contribution in [0.2, 0.25) is 0 Å². The number of amides is 1. The van der Waals surface area contributed by atoms with Crippen molar-refractivity contribution in [3.63, 3.8) is 0 Å². The fourth-order valence-corrected chi connectivity index (χ4v) is 3.50. The van der Waals surface area contributed by atoms with E-state index in [9.17, 15) is 4.79 Å². The first-order chi connectivity index (χ1) is 14.0. The molecule has 0 aliphatic carbocycles. The third-order valence-corrected chi connectivity index (χ3v) is 5.13. The van der Waals surface area contributed by atoms with E-state index in [1.165, 1.54) is 5.56 Å². The molecule has 0 saturated heterocycles. The SMILES string of the molecule is COc1cccc([C@@H]2C=C(Nc3ccc(C)cc3)C(=O)N2c2ccc(C)cc2)c1. The molecule has 1 aliphatic rings. The molecular weight excluding hydrogens is 360 g/mol. The van der Waals surface area contributed by atoms with Gasteiger partial charge in [-0.15, -0.1) is 0 Å². The highest BCUT2D eigenvalue weighted by atomic mass is 16.5. The van der Waals surface area contributed by atoms with Crippen LogP contribution in [0.25, 0.3) is 0 Å². The number of aryl methyl sites for hydroxylation is 2. The Bertz CT molecular complexity index is 1050. The second kappa shape index (κ2) is 7.84. The molecular formula is C25H24N2O2. The van der Waals surface area contributed by atoms with Gasteiger partial charge in [0.15, 0.2) is 0 Å². The molecule has 0 bridgehead atoms. The maximum atomic E-state index is 13.4. The van der Waals surface area contributed by atoms with Crippen LogP contribution >= 0.6 is 0 Å². The lowest BCUT2D eigenvalue weighted by Crippen LogP contribution is -2.30. The van der Waals surface area contributed by atoms with E-state index in [1.807, 2.05) is 97.6 Å². The summed E-state index contributed by atoms with van der Waals surface area (Å²) in [5.41, 5.74) is 5.67. The van der Waals surface area contributed by atoms with Gasteiger partial charge in [0, 0.05) is 11.4 Å². The smallest absolute Gasteiger partial charge is 0.275 e. The second-order valence-electron chi connectivity index (χ2n) is 7.30. The van der Waals surface area contributed by atoms with E-state index < -0.39 is 0 Å². The summed E-state index contributed by atoms with van der Waals surface area (Å²) >= 11 is 0. The van der Waals surface area contributed by atoms with Gasteiger partial charge in [0.2, 0.25) is 0 Å². The first-order valence-electron chi connectivity index (χ1n) is 9.65. The minimum absolute atomic E-state index is 0.0535. The van der Waals surface area contributed by atoms with Crippen molar-refractivity contribution < 1.29 is 9.53 Å². The van der Waals surface area contributed by atoms with Crippen LogP contribution < -0.4 is 15.0 Å². The van der Waals surface area contributed by atoms with Crippen LogP contribution in [0.5, 0.6) is 5.75 Å². The van der Waals surface area contributed by atoms with E-state index in [1.54, 1.807) is 7.11 Å². The molecule has 3 aromatic rings. The van der Waals surface area contributed by atoms with Crippen molar-refractivity contribution in [2.24, 2.45) is 0 Å². The Morgan fingerprint density at radius 3 is 2.21 bits per heavy atom. The Balaban J connectivity index is 1.73. The second-order valence-corrected chi connectivity index (χ2v) is 7.30. The standard InChI is InChI=1S/C25H24N2O2/c1-17-7-11-20(12-8-17)26-23-16-24(19-5-4-6-22(15-19)29-3)27(25(23)28)21-13-9-18(2)10-14-21/h4-16,24,26H,1-3H3/t24-/m0/s1. The van der Waals surface area contributed by atoms with Crippen LogP contribution in [0.4, 0.5) is 11.4 Å². The molecule has 0 unspecified atom stereocenters. The summed E-state index contributed by atoms with van der Waals surface area (Å²) in [7, 11) is 1.65. The van der Waals surface area contributed by atoms with E-state index >= 15 is 0 Å². The molecule has 0 radical (unpaired) electrons. The highest BCUT2D eigenvalue weighted by Gasteiger charge is 2.34. The monoisotopic (exact) mass is 384 g/mol. The van der Waals surface area contributed by atoms with Gasteiger partial charge in [0.25, 0.3) is 5.91 Å². The maximum absolute atomic E-state index is 13.4. The molecule has 0 fully saturated rings. The fraction of sp³-hybridized carbons (Fsp3) is 0.160. The zero-order chi connectivity index (χ0) is 20.4. The zero-order valence-electron chi connectivity index (χ0n) is 16.8. The average Bonchev–Trinajstić information content (AvgIpc) is 3.06. The molecule has 29 heavy (non-hydrogen) atoms. The predicted octanol–water partition coefficient (Wildman–Crippen LogP) is 5.40. The van der Waals surface area contributed by atoms with E-state index in [0.29, 0.717) is 5.70 Å². The van der Waals surface area contributed by atoms with Crippen molar-refractivity contribution in [3.8, 4) is 5.75 Å². The molecule has 4 rings (SSSR count). The van der Waals surface area contributed by atoms with E-state index in [2.05, 4.69) is 5.32 Å². The van der Waals surface area contributed by atoms with Gasteiger partial charge in [-0.2, -0.15) is 0 Å². The van der Waals surface area contributed by atoms with Gasteiger partial charge in [-0.25, -0.2) is 0 Å². The molecule has 3 aromatic carbocycles. The normalized spacial score (nSPS) is 16.0. The van der Waals surface area contributed by atoms with Crippen LogP contribution in [-0.4, -0.2) is 13.0 Å². The quantitative estimate of drug-likeness (QED) is 0.641. The summed E-state index contributed by atoms with van der Waals surface area (Å²) in [6, 6.07) is 23.7. The lowest BCUT2D eigenvalue weighted by Gasteiger charge is -2.25. The van der Waals surface area contributed by atoms with Crippen molar-refractivity contribution >= 4 is 17.3 Å². The lowest BCUT2D eigenvalue weighted by atomic mass is 10.1. The lowest BCUT2D eigenvalue weighted by molar-refractivity contribution is -0.114. The average molecular weight is 384 g/mol. The summed E-state index contributed by atoms with van der Waals surface area (Å²) in [6.07, 6.45) is 1.98.